The van der Waals surface area contributed by atoms with Gasteiger partial charge in [-0.05, 0) is 37.1 Å². The van der Waals surface area contributed by atoms with Crippen molar-refractivity contribution in [3.63, 3.8) is 0 Å². The smallest absolute Gasteiger partial charge is 0.247 e. The number of ether oxygens (including phenoxy) is 2. The summed E-state index contributed by atoms with van der Waals surface area (Å²) in [7, 11) is -2.10. The molecule has 2 atom stereocenters. The topological polar surface area (TPSA) is 68.7 Å². The van der Waals surface area contributed by atoms with Crippen LogP contribution in [-0.2, 0) is 10.0 Å². The molecule has 138 valence electrons. The van der Waals surface area contributed by atoms with Gasteiger partial charge in [0, 0.05) is 31.1 Å². The molecule has 7 heteroatoms. The van der Waals surface area contributed by atoms with Crippen LogP contribution in [0.5, 0.6) is 11.5 Å². The molecular formula is C19H22N2O4S. The number of piperidine rings is 1. The number of hydrogen-bond acceptors (Lipinski definition) is 5. The van der Waals surface area contributed by atoms with Crippen LogP contribution in [0.25, 0.3) is 0 Å². The quantitative estimate of drug-likeness (QED) is 0.805. The number of rotatable bonds is 5. The minimum absolute atomic E-state index is 0.0146. The van der Waals surface area contributed by atoms with Crippen LogP contribution in [0, 0.1) is 0 Å². The van der Waals surface area contributed by atoms with Gasteiger partial charge in [0.05, 0.1) is 13.3 Å². The van der Waals surface area contributed by atoms with Gasteiger partial charge in [0.2, 0.25) is 10.0 Å². The minimum atomic E-state index is -3.60. The van der Waals surface area contributed by atoms with Crippen molar-refractivity contribution in [2.45, 2.75) is 48.8 Å². The predicted molar refractivity (Wildman–Crippen MR) is 96.7 cm³/mol. The van der Waals surface area contributed by atoms with E-state index in [-0.39, 0.29) is 23.1 Å². The summed E-state index contributed by atoms with van der Waals surface area (Å²) in [6.45, 7) is 0. The van der Waals surface area contributed by atoms with Gasteiger partial charge in [-0.2, -0.15) is 4.31 Å². The number of nitrogens with zero attached hydrogens (tertiary/aromatic N) is 2. The first-order valence-corrected chi connectivity index (χ1v) is 10.3. The number of benzene rings is 1. The molecule has 2 aliphatic rings. The molecule has 0 saturated carbocycles. The highest BCUT2D eigenvalue weighted by atomic mass is 32.2. The molecule has 1 aromatic carbocycles. The summed E-state index contributed by atoms with van der Waals surface area (Å²) < 4.78 is 39.6. The Morgan fingerprint density at radius 1 is 1.08 bits per heavy atom. The molecule has 0 aliphatic carbocycles. The molecule has 2 aromatic rings. The molecule has 26 heavy (non-hydrogen) atoms. The first-order chi connectivity index (χ1) is 12.6. The Hall–Kier alpha value is -2.12. The van der Waals surface area contributed by atoms with E-state index < -0.39 is 10.0 Å². The van der Waals surface area contributed by atoms with Crippen molar-refractivity contribution in [3.8, 4) is 11.5 Å². The molecule has 0 radical (unpaired) electrons. The molecule has 0 spiro atoms. The van der Waals surface area contributed by atoms with Gasteiger partial charge >= 0.3 is 0 Å². The van der Waals surface area contributed by atoms with Gasteiger partial charge in [-0.15, -0.1) is 0 Å². The van der Waals surface area contributed by atoms with Crippen LogP contribution in [0.3, 0.4) is 0 Å². The highest BCUT2D eigenvalue weighted by molar-refractivity contribution is 7.89. The molecule has 3 heterocycles. The largest absolute Gasteiger partial charge is 0.495 e. The van der Waals surface area contributed by atoms with Gasteiger partial charge in [-0.3, -0.25) is 4.98 Å². The minimum Gasteiger partial charge on any atom is -0.495 e. The van der Waals surface area contributed by atoms with Crippen molar-refractivity contribution in [3.05, 3.63) is 48.8 Å². The number of fused-ring (bicyclic) bond motifs is 2. The summed E-state index contributed by atoms with van der Waals surface area (Å²) in [5.74, 6) is 1.12. The Bertz CT molecular complexity index is 858. The number of hydrogen-bond donors (Lipinski definition) is 0. The number of methoxy groups -OCH3 is 1. The maximum absolute atomic E-state index is 13.3. The lowest BCUT2D eigenvalue weighted by atomic mass is 10.0. The third kappa shape index (κ3) is 3.05. The second-order valence-corrected chi connectivity index (χ2v) is 8.58. The van der Waals surface area contributed by atoms with Crippen LogP contribution in [0.4, 0.5) is 0 Å². The van der Waals surface area contributed by atoms with Crippen molar-refractivity contribution in [1.82, 2.24) is 9.29 Å². The van der Waals surface area contributed by atoms with E-state index in [0.717, 1.165) is 18.6 Å². The first-order valence-electron chi connectivity index (χ1n) is 8.83. The molecule has 2 aliphatic heterocycles. The average molecular weight is 374 g/mol. The van der Waals surface area contributed by atoms with Gasteiger partial charge in [-0.25, -0.2) is 8.42 Å². The van der Waals surface area contributed by atoms with Crippen LogP contribution in [0.15, 0.2) is 53.7 Å². The van der Waals surface area contributed by atoms with Crippen molar-refractivity contribution in [2.24, 2.45) is 0 Å². The van der Waals surface area contributed by atoms with E-state index in [1.165, 1.54) is 7.11 Å². The lowest BCUT2D eigenvalue weighted by molar-refractivity contribution is 0.0953. The fraction of sp³-hybridized carbons (Fsp3) is 0.421. The fourth-order valence-electron chi connectivity index (χ4n) is 4.13. The maximum atomic E-state index is 13.3. The summed E-state index contributed by atoms with van der Waals surface area (Å²) in [6.07, 6.45) is 6.54. The Morgan fingerprint density at radius 3 is 2.46 bits per heavy atom. The van der Waals surface area contributed by atoms with Crippen LogP contribution in [-0.4, -0.2) is 43.0 Å². The molecule has 4 rings (SSSR count). The number of para-hydroxylation sites is 1. The number of aromatic nitrogens is 1. The second kappa shape index (κ2) is 6.89. The van der Waals surface area contributed by atoms with Crippen LogP contribution >= 0.6 is 0 Å². The highest BCUT2D eigenvalue weighted by Crippen LogP contribution is 2.42. The van der Waals surface area contributed by atoms with Crippen molar-refractivity contribution < 1.29 is 17.9 Å². The monoisotopic (exact) mass is 374 g/mol. The predicted octanol–water partition coefficient (Wildman–Crippen LogP) is 2.85. The zero-order valence-electron chi connectivity index (χ0n) is 14.6. The van der Waals surface area contributed by atoms with E-state index in [0.29, 0.717) is 18.6 Å². The molecule has 0 amide bonds. The average Bonchev–Trinajstić information content (AvgIpc) is 2.95. The van der Waals surface area contributed by atoms with Gasteiger partial charge in [0.15, 0.2) is 0 Å². The van der Waals surface area contributed by atoms with E-state index in [2.05, 4.69) is 4.98 Å². The van der Waals surface area contributed by atoms with E-state index >= 15 is 0 Å². The van der Waals surface area contributed by atoms with Crippen molar-refractivity contribution in [1.29, 1.82) is 0 Å². The Labute approximate surface area is 153 Å². The second-order valence-electron chi connectivity index (χ2n) is 6.77. The highest BCUT2D eigenvalue weighted by Gasteiger charge is 2.48. The van der Waals surface area contributed by atoms with Crippen molar-refractivity contribution >= 4 is 10.0 Å². The summed E-state index contributed by atoms with van der Waals surface area (Å²) in [4.78, 5) is 4.31. The van der Waals surface area contributed by atoms with Gasteiger partial charge < -0.3 is 9.47 Å². The van der Waals surface area contributed by atoms with Gasteiger partial charge in [0.1, 0.15) is 22.5 Å². The summed E-state index contributed by atoms with van der Waals surface area (Å²) in [5, 5.41) is 0. The SMILES string of the molecule is COc1ccccc1S(=O)(=O)N1C2CCC1CC(Oc1cccnc1)C2. The van der Waals surface area contributed by atoms with E-state index in [1.54, 1.807) is 41.0 Å². The molecule has 2 unspecified atom stereocenters. The van der Waals surface area contributed by atoms with Gasteiger partial charge in [-0.1, -0.05) is 12.1 Å². The first kappa shape index (κ1) is 17.3. The standard InChI is InChI=1S/C19H22N2O4S/c1-24-18-6-2-3-7-19(18)26(22,23)21-14-8-9-15(21)12-17(11-14)25-16-5-4-10-20-13-16/h2-7,10,13-15,17H,8-9,11-12H2,1H3. The molecule has 0 N–H and O–H groups in total. The van der Waals surface area contributed by atoms with Crippen molar-refractivity contribution in [2.75, 3.05) is 7.11 Å². The summed E-state index contributed by atoms with van der Waals surface area (Å²) in [6, 6.07) is 10.5. The Kier molecular flexibility index (Phi) is 4.58. The van der Waals surface area contributed by atoms with Crippen LogP contribution in [0.2, 0.25) is 0 Å². The number of sulfonamides is 1. The van der Waals surface area contributed by atoms with Gasteiger partial charge in [0.25, 0.3) is 0 Å². The van der Waals surface area contributed by atoms with E-state index in [9.17, 15) is 8.42 Å². The molecule has 6 nitrogen and oxygen atoms in total. The lowest BCUT2D eigenvalue weighted by Crippen LogP contribution is -2.49. The van der Waals surface area contributed by atoms with E-state index in [4.69, 9.17) is 9.47 Å². The molecule has 2 fully saturated rings. The molecule has 2 bridgehead atoms. The Morgan fingerprint density at radius 2 is 1.81 bits per heavy atom. The third-order valence-corrected chi connectivity index (χ3v) is 7.23. The fourth-order valence-corrected chi connectivity index (χ4v) is 6.18. The Balaban J connectivity index is 1.56. The molecule has 1 aromatic heterocycles. The summed E-state index contributed by atoms with van der Waals surface area (Å²) >= 11 is 0. The van der Waals surface area contributed by atoms with Crippen LogP contribution in [0.1, 0.15) is 25.7 Å². The summed E-state index contributed by atoms with van der Waals surface area (Å²) in [5.41, 5.74) is 0. The zero-order chi connectivity index (χ0) is 18.1. The normalized spacial score (nSPS) is 25.8. The zero-order valence-corrected chi connectivity index (χ0v) is 15.4. The maximum Gasteiger partial charge on any atom is 0.247 e. The molecular weight excluding hydrogens is 352 g/mol. The number of pyridine rings is 1. The van der Waals surface area contributed by atoms with E-state index in [1.807, 2.05) is 12.1 Å². The lowest BCUT2D eigenvalue weighted by Gasteiger charge is -2.37. The molecule has 2 saturated heterocycles. The third-order valence-electron chi connectivity index (χ3n) is 5.18. The van der Waals surface area contributed by atoms with Crippen LogP contribution < -0.4 is 9.47 Å².